The first-order chi connectivity index (χ1) is 4.33. The Morgan fingerprint density at radius 3 is 2.80 bits per heavy atom. The molecule has 0 fully saturated rings. The average molecular weight is 205 g/mol. The van der Waals surface area contributed by atoms with Crippen LogP contribution in [0.5, 0.6) is 0 Å². The minimum atomic E-state index is 0. The number of nitrogens with zero attached hydrogens (tertiary/aromatic N) is 1. The van der Waals surface area contributed by atoms with Crippen molar-refractivity contribution >= 4 is 17.0 Å². The van der Waals surface area contributed by atoms with Crippen molar-refractivity contribution in [1.82, 2.24) is 4.90 Å². The Labute approximate surface area is 72.2 Å². The molecule has 1 heterocycles. The molecule has 0 aliphatic carbocycles. The third kappa shape index (κ3) is 2.43. The standard InChI is InChI=1S/C7H12N2.BrH/c1-2-9-5-3-4-7(8)6-9;/h3-5H,2,6,8H2,1H3;1H. The van der Waals surface area contributed by atoms with Gasteiger partial charge in [-0.2, -0.15) is 0 Å². The van der Waals surface area contributed by atoms with Crippen LogP contribution < -0.4 is 5.73 Å². The molecule has 0 spiro atoms. The van der Waals surface area contributed by atoms with Crippen LogP contribution in [0.3, 0.4) is 0 Å². The molecule has 0 bridgehead atoms. The molecule has 2 N–H and O–H groups in total. The van der Waals surface area contributed by atoms with Crippen LogP contribution in [0.2, 0.25) is 0 Å². The molecule has 1 rings (SSSR count). The fraction of sp³-hybridized carbons (Fsp3) is 0.429. The fourth-order valence-electron chi connectivity index (χ4n) is 0.845. The maximum atomic E-state index is 5.57. The van der Waals surface area contributed by atoms with Crippen LogP contribution in [0.25, 0.3) is 0 Å². The molecular weight excluding hydrogens is 192 g/mol. The van der Waals surface area contributed by atoms with E-state index in [1.165, 1.54) is 0 Å². The number of hydrogen-bond acceptors (Lipinski definition) is 2. The molecule has 1 aliphatic heterocycles. The predicted molar refractivity (Wildman–Crippen MR) is 49.0 cm³/mol. The van der Waals surface area contributed by atoms with E-state index in [4.69, 9.17) is 5.73 Å². The number of likely N-dealkylation sites (N-methyl/N-ethyl adjacent to an activating group) is 1. The molecule has 58 valence electrons. The fourth-order valence-corrected chi connectivity index (χ4v) is 0.845. The Morgan fingerprint density at radius 1 is 1.70 bits per heavy atom. The van der Waals surface area contributed by atoms with Gasteiger partial charge in [0, 0.05) is 12.2 Å². The van der Waals surface area contributed by atoms with E-state index in [2.05, 4.69) is 18.0 Å². The predicted octanol–water partition coefficient (Wildman–Crippen LogP) is 1.26. The van der Waals surface area contributed by atoms with E-state index in [-0.39, 0.29) is 17.0 Å². The van der Waals surface area contributed by atoms with Crippen molar-refractivity contribution in [2.24, 2.45) is 5.73 Å². The van der Waals surface area contributed by atoms with Gasteiger partial charge >= 0.3 is 0 Å². The zero-order chi connectivity index (χ0) is 6.69. The summed E-state index contributed by atoms with van der Waals surface area (Å²) in [5.41, 5.74) is 6.51. The summed E-state index contributed by atoms with van der Waals surface area (Å²) in [6, 6.07) is 0. The summed E-state index contributed by atoms with van der Waals surface area (Å²) in [7, 11) is 0. The van der Waals surface area contributed by atoms with E-state index >= 15 is 0 Å². The first kappa shape index (κ1) is 9.56. The number of nitrogens with two attached hydrogens (primary N) is 1. The molecule has 10 heavy (non-hydrogen) atoms. The molecule has 0 aromatic rings. The topological polar surface area (TPSA) is 29.3 Å². The minimum Gasteiger partial charge on any atom is -0.401 e. The van der Waals surface area contributed by atoms with Gasteiger partial charge in [-0.15, -0.1) is 17.0 Å². The highest BCUT2D eigenvalue weighted by Gasteiger charge is 1.99. The molecule has 3 heteroatoms. The van der Waals surface area contributed by atoms with Crippen LogP contribution in [0.15, 0.2) is 24.0 Å². The smallest absolute Gasteiger partial charge is 0.0568 e. The van der Waals surface area contributed by atoms with Gasteiger partial charge in [0.2, 0.25) is 0 Å². The SMILES string of the molecule is Br.CCN1C=CC=C(N)C1. The maximum absolute atomic E-state index is 5.57. The quantitative estimate of drug-likeness (QED) is 0.698. The lowest BCUT2D eigenvalue weighted by Gasteiger charge is -2.20. The Bertz CT molecular complexity index is 152. The molecule has 0 atom stereocenters. The van der Waals surface area contributed by atoms with E-state index in [9.17, 15) is 0 Å². The van der Waals surface area contributed by atoms with Gasteiger partial charge in [-0.25, -0.2) is 0 Å². The Kier molecular flexibility index (Phi) is 4.19. The van der Waals surface area contributed by atoms with Crippen LogP contribution >= 0.6 is 17.0 Å². The van der Waals surface area contributed by atoms with Crippen molar-refractivity contribution in [1.29, 1.82) is 0 Å². The summed E-state index contributed by atoms with van der Waals surface area (Å²) in [4.78, 5) is 2.16. The summed E-state index contributed by atoms with van der Waals surface area (Å²) < 4.78 is 0. The molecule has 0 unspecified atom stereocenters. The van der Waals surface area contributed by atoms with Crippen molar-refractivity contribution < 1.29 is 0 Å². The molecule has 0 radical (unpaired) electrons. The zero-order valence-corrected chi connectivity index (χ0v) is 7.79. The Morgan fingerprint density at radius 2 is 2.40 bits per heavy atom. The highest BCUT2D eigenvalue weighted by Crippen LogP contribution is 2.00. The minimum absolute atomic E-state index is 0. The second-order valence-electron chi connectivity index (χ2n) is 2.15. The van der Waals surface area contributed by atoms with Gasteiger partial charge in [0.25, 0.3) is 0 Å². The summed E-state index contributed by atoms with van der Waals surface area (Å²) in [5, 5.41) is 0. The van der Waals surface area contributed by atoms with Crippen LogP contribution in [-0.2, 0) is 0 Å². The summed E-state index contributed by atoms with van der Waals surface area (Å²) in [6.45, 7) is 4.03. The number of hydrogen-bond donors (Lipinski definition) is 1. The highest BCUT2D eigenvalue weighted by atomic mass is 79.9. The van der Waals surface area contributed by atoms with Crippen molar-refractivity contribution in [3.8, 4) is 0 Å². The average Bonchev–Trinajstić information content (AvgIpc) is 1.88. The monoisotopic (exact) mass is 204 g/mol. The Balaban J connectivity index is 0.000000810. The van der Waals surface area contributed by atoms with Gasteiger partial charge in [-0.1, -0.05) is 0 Å². The number of allylic oxidation sites excluding steroid dienone is 2. The van der Waals surface area contributed by atoms with Crippen LogP contribution in [0, 0.1) is 0 Å². The van der Waals surface area contributed by atoms with E-state index < -0.39 is 0 Å². The maximum Gasteiger partial charge on any atom is 0.0568 e. The lowest BCUT2D eigenvalue weighted by atomic mass is 10.3. The van der Waals surface area contributed by atoms with Crippen LogP contribution in [0.1, 0.15) is 6.92 Å². The van der Waals surface area contributed by atoms with Gasteiger partial charge in [-0.3, -0.25) is 0 Å². The second kappa shape index (κ2) is 4.39. The van der Waals surface area contributed by atoms with E-state index in [0.717, 1.165) is 18.8 Å². The lowest BCUT2D eigenvalue weighted by Crippen LogP contribution is -2.24. The van der Waals surface area contributed by atoms with Crippen LogP contribution in [-0.4, -0.2) is 18.0 Å². The lowest BCUT2D eigenvalue weighted by molar-refractivity contribution is 0.423. The van der Waals surface area contributed by atoms with Gasteiger partial charge in [-0.05, 0) is 25.3 Å². The first-order valence-electron chi connectivity index (χ1n) is 3.20. The van der Waals surface area contributed by atoms with Gasteiger partial charge < -0.3 is 10.6 Å². The molecule has 0 aromatic heterocycles. The molecule has 0 saturated heterocycles. The third-order valence-corrected chi connectivity index (χ3v) is 1.40. The van der Waals surface area contributed by atoms with E-state index in [1.807, 2.05) is 12.2 Å². The normalized spacial score (nSPS) is 16.1. The van der Waals surface area contributed by atoms with Gasteiger partial charge in [0.15, 0.2) is 0 Å². The van der Waals surface area contributed by atoms with Crippen molar-refractivity contribution in [2.75, 3.05) is 13.1 Å². The molecular formula is C7H13BrN2. The second-order valence-corrected chi connectivity index (χ2v) is 2.15. The largest absolute Gasteiger partial charge is 0.401 e. The first-order valence-corrected chi connectivity index (χ1v) is 3.20. The molecule has 0 saturated carbocycles. The summed E-state index contributed by atoms with van der Waals surface area (Å²) >= 11 is 0. The van der Waals surface area contributed by atoms with Crippen molar-refractivity contribution in [3.05, 3.63) is 24.0 Å². The molecule has 0 amide bonds. The molecule has 2 nitrogen and oxygen atoms in total. The Hall–Kier alpha value is -0.440. The summed E-state index contributed by atoms with van der Waals surface area (Å²) in [6.07, 6.45) is 5.96. The van der Waals surface area contributed by atoms with Gasteiger partial charge in [0.1, 0.15) is 0 Å². The van der Waals surface area contributed by atoms with Crippen LogP contribution in [0.4, 0.5) is 0 Å². The van der Waals surface area contributed by atoms with E-state index in [1.54, 1.807) is 0 Å². The van der Waals surface area contributed by atoms with E-state index in [0.29, 0.717) is 0 Å². The van der Waals surface area contributed by atoms with Crippen molar-refractivity contribution in [2.45, 2.75) is 6.92 Å². The van der Waals surface area contributed by atoms with Gasteiger partial charge in [0.05, 0.1) is 6.54 Å². The number of halogens is 1. The molecule has 1 aliphatic rings. The highest BCUT2D eigenvalue weighted by molar-refractivity contribution is 8.93. The zero-order valence-electron chi connectivity index (χ0n) is 6.08. The molecule has 0 aromatic carbocycles. The third-order valence-electron chi connectivity index (χ3n) is 1.40. The summed E-state index contributed by atoms with van der Waals surface area (Å²) in [5.74, 6) is 0. The number of rotatable bonds is 1. The van der Waals surface area contributed by atoms with Crippen molar-refractivity contribution in [3.63, 3.8) is 0 Å².